The number of aryl methyl sites for hydroxylation is 1. The molecule has 0 aliphatic rings. The summed E-state index contributed by atoms with van der Waals surface area (Å²) < 4.78 is 4.83. The van der Waals surface area contributed by atoms with E-state index in [0.717, 1.165) is 5.56 Å². The fourth-order valence-corrected chi connectivity index (χ4v) is 0.772. The number of carbonyl (C=O) groups excluding carboxylic acids is 1. The predicted molar refractivity (Wildman–Crippen MR) is 52.9 cm³/mol. The van der Waals surface area contributed by atoms with E-state index in [1.54, 1.807) is 12.1 Å². The normalized spacial score (nSPS) is 8.50. The summed E-state index contributed by atoms with van der Waals surface area (Å²) in [5.41, 5.74) is 1.15. The highest BCUT2D eigenvalue weighted by Gasteiger charge is 1.94. The van der Waals surface area contributed by atoms with Crippen LogP contribution >= 0.6 is 13.5 Å². The fourth-order valence-electron chi connectivity index (χ4n) is 0.772. The Hall–Kier alpha value is -0.960. The number of rotatable bonds is 1. The smallest absolute Gasteiger partial charge is 0.308 e. The molecule has 2 nitrogen and oxygen atoms in total. The summed E-state index contributed by atoms with van der Waals surface area (Å²) in [4.78, 5) is 10.5. The maximum Gasteiger partial charge on any atom is 0.308 e. The van der Waals surface area contributed by atoms with Crippen molar-refractivity contribution in [3.8, 4) is 5.75 Å². The molecule has 0 N–H and O–H groups in total. The molecule has 1 aromatic carbocycles. The average molecular weight is 184 g/mol. The lowest BCUT2D eigenvalue weighted by Gasteiger charge is -1.99. The Morgan fingerprint density at radius 3 is 2.17 bits per heavy atom. The molecule has 66 valence electrons. The van der Waals surface area contributed by atoms with Gasteiger partial charge in [0.25, 0.3) is 0 Å². The van der Waals surface area contributed by atoms with Crippen LogP contribution in [0.1, 0.15) is 12.5 Å². The van der Waals surface area contributed by atoms with Gasteiger partial charge in [0.1, 0.15) is 5.75 Å². The Kier molecular flexibility index (Phi) is 4.44. The molecule has 0 aliphatic heterocycles. The predicted octanol–water partition coefficient (Wildman–Crippen LogP) is 2.03. The third kappa shape index (κ3) is 3.44. The average Bonchev–Trinajstić information content (AvgIpc) is 1.93. The lowest BCUT2D eigenvalue weighted by molar-refractivity contribution is -0.131. The highest BCUT2D eigenvalue weighted by molar-refractivity contribution is 7.59. The van der Waals surface area contributed by atoms with Gasteiger partial charge >= 0.3 is 5.97 Å². The minimum atomic E-state index is -0.283. The van der Waals surface area contributed by atoms with Crippen molar-refractivity contribution in [1.82, 2.24) is 0 Å². The van der Waals surface area contributed by atoms with E-state index < -0.39 is 0 Å². The maximum atomic E-state index is 10.5. The number of carbonyl (C=O) groups is 1. The van der Waals surface area contributed by atoms with Gasteiger partial charge < -0.3 is 4.74 Å². The second-order valence-electron chi connectivity index (χ2n) is 2.41. The SMILES string of the molecule is CC(=O)Oc1ccc(C)cc1.S. The van der Waals surface area contributed by atoms with Crippen LogP contribution in [-0.4, -0.2) is 5.97 Å². The Labute approximate surface area is 79.0 Å². The van der Waals surface area contributed by atoms with Crippen LogP contribution in [0.2, 0.25) is 0 Å². The van der Waals surface area contributed by atoms with Crippen molar-refractivity contribution in [2.45, 2.75) is 13.8 Å². The first kappa shape index (κ1) is 11.0. The third-order valence-corrected chi connectivity index (χ3v) is 1.28. The van der Waals surface area contributed by atoms with Gasteiger partial charge in [0.2, 0.25) is 0 Å². The van der Waals surface area contributed by atoms with Gasteiger partial charge in [0.15, 0.2) is 0 Å². The summed E-state index contributed by atoms with van der Waals surface area (Å²) in [5, 5.41) is 0. The molecule has 1 rings (SSSR count). The van der Waals surface area contributed by atoms with Crippen LogP contribution in [0.25, 0.3) is 0 Å². The minimum Gasteiger partial charge on any atom is -0.427 e. The molecule has 0 radical (unpaired) electrons. The molecule has 0 amide bonds. The molecule has 0 spiro atoms. The molecule has 0 fully saturated rings. The maximum absolute atomic E-state index is 10.5. The Balaban J connectivity index is 0.00000121. The van der Waals surface area contributed by atoms with Crippen LogP contribution in [0.5, 0.6) is 5.75 Å². The van der Waals surface area contributed by atoms with Crippen LogP contribution in [-0.2, 0) is 4.79 Å². The van der Waals surface area contributed by atoms with E-state index in [0.29, 0.717) is 5.75 Å². The van der Waals surface area contributed by atoms with Crippen molar-refractivity contribution >= 4 is 19.5 Å². The van der Waals surface area contributed by atoms with E-state index in [9.17, 15) is 4.79 Å². The Morgan fingerprint density at radius 2 is 1.75 bits per heavy atom. The molecule has 0 saturated carbocycles. The highest BCUT2D eigenvalue weighted by Crippen LogP contribution is 2.10. The summed E-state index contributed by atoms with van der Waals surface area (Å²) >= 11 is 0. The molecule has 0 aromatic heterocycles. The standard InChI is InChI=1S/C9H10O2.H2S/c1-7-3-5-9(6-4-7)11-8(2)10;/h3-6H,1-2H3;1H2. The molecule has 0 bridgehead atoms. The lowest BCUT2D eigenvalue weighted by atomic mass is 10.2. The van der Waals surface area contributed by atoms with Crippen molar-refractivity contribution < 1.29 is 9.53 Å². The fraction of sp³-hybridized carbons (Fsp3) is 0.222. The second-order valence-corrected chi connectivity index (χ2v) is 2.41. The molecular formula is C9H12O2S. The first-order valence-corrected chi connectivity index (χ1v) is 3.43. The van der Waals surface area contributed by atoms with Gasteiger partial charge in [0.05, 0.1) is 0 Å². The molecule has 0 unspecified atom stereocenters. The zero-order valence-corrected chi connectivity index (χ0v) is 8.13. The minimum absolute atomic E-state index is 0. The van der Waals surface area contributed by atoms with Gasteiger partial charge in [-0.2, -0.15) is 13.5 Å². The summed E-state index contributed by atoms with van der Waals surface area (Å²) in [6.07, 6.45) is 0. The van der Waals surface area contributed by atoms with Gasteiger partial charge in [0, 0.05) is 6.92 Å². The largest absolute Gasteiger partial charge is 0.427 e. The lowest BCUT2D eigenvalue weighted by Crippen LogP contribution is -2.00. The number of hydrogen-bond acceptors (Lipinski definition) is 2. The van der Waals surface area contributed by atoms with Crippen LogP contribution in [0.3, 0.4) is 0 Å². The quantitative estimate of drug-likeness (QED) is 0.493. The first-order chi connectivity index (χ1) is 5.18. The zero-order chi connectivity index (χ0) is 8.27. The van der Waals surface area contributed by atoms with Crippen molar-refractivity contribution in [2.24, 2.45) is 0 Å². The summed E-state index contributed by atoms with van der Waals surface area (Å²) in [6, 6.07) is 7.35. The van der Waals surface area contributed by atoms with E-state index >= 15 is 0 Å². The van der Waals surface area contributed by atoms with Gasteiger partial charge in [-0.25, -0.2) is 0 Å². The van der Waals surface area contributed by atoms with Gasteiger partial charge in [-0.3, -0.25) is 4.79 Å². The topological polar surface area (TPSA) is 26.3 Å². The van der Waals surface area contributed by atoms with Crippen molar-refractivity contribution in [1.29, 1.82) is 0 Å². The van der Waals surface area contributed by atoms with Crippen LogP contribution < -0.4 is 4.74 Å². The molecular weight excluding hydrogens is 172 g/mol. The number of hydrogen-bond donors (Lipinski definition) is 0. The van der Waals surface area contributed by atoms with E-state index in [2.05, 4.69) is 0 Å². The summed E-state index contributed by atoms with van der Waals surface area (Å²) in [6.45, 7) is 3.37. The van der Waals surface area contributed by atoms with E-state index in [-0.39, 0.29) is 19.5 Å². The third-order valence-electron chi connectivity index (χ3n) is 1.28. The second kappa shape index (κ2) is 4.83. The number of benzene rings is 1. The number of esters is 1. The number of ether oxygens (including phenoxy) is 1. The molecule has 12 heavy (non-hydrogen) atoms. The summed E-state index contributed by atoms with van der Waals surface area (Å²) in [7, 11) is 0. The zero-order valence-electron chi connectivity index (χ0n) is 7.13. The van der Waals surface area contributed by atoms with E-state index in [4.69, 9.17) is 4.74 Å². The Morgan fingerprint density at radius 1 is 1.25 bits per heavy atom. The first-order valence-electron chi connectivity index (χ1n) is 3.43. The molecule has 0 heterocycles. The summed E-state index contributed by atoms with van der Waals surface area (Å²) in [5.74, 6) is 0.317. The molecule has 0 aliphatic carbocycles. The highest BCUT2D eigenvalue weighted by atomic mass is 32.1. The van der Waals surface area contributed by atoms with Crippen LogP contribution in [0, 0.1) is 6.92 Å². The van der Waals surface area contributed by atoms with Gasteiger partial charge in [-0.05, 0) is 19.1 Å². The van der Waals surface area contributed by atoms with E-state index in [1.807, 2.05) is 19.1 Å². The van der Waals surface area contributed by atoms with Crippen molar-refractivity contribution in [3.05, 3.63) is 29.8 Å². The van der Waals surface area contributed by atoms with Crippen LogP contribution in [0.15, 0.2) is 24.3 Å². The molecule has 0 atom stereocenters. The molecule has 0 saturated heterocycles. The van der Waals surface area contributed by atoms with E-state index in [1.165, 1.54) is 6.92 Å². The van der Waals surface area contributed by atoms with Crippen molar-refractivity contribution in [2.75, 3.05) is 0 Å². The monoisotopic (exact) mass is 184 g/mol. The van der Waals surface area contributed by atoms with Crippen molar-refractivity contribution in [3.63, 3.8) is 0 Å². The molecule has 3 heteroatoms. The molecule has 1 aromatic rings. The van der Waals surface area contributed by atoms with Gasteiger partial charge in [-0.15, -0.1) is 0 Å². The van der Waals surface area contributed by atoms with Crippen LogP contribution in [0.4, 0.5) is 0 Å². The van der Waals surface area contributed by atoms with Gasteiger partial charge in [-0.1, -0.05) is 17.7 Å². The Bertz CT molecular complexity index is 254.